The number of carbonyl (C=O) groups is 3. The van der Waals surface area contributed by atoms with Crippen molar-refractivity contribution in [2.45, 2.75) is 34.1 Å². The van der Waals surface area contributed by atoms with Crippen LogP contribution in [0.25, 0.3) is 0 Å². The minimum absolute atomic E-state index is 0.0282. The van der Waals surface area contributed by atoms with Crippen molar-refractivity contribution in [3.8, 4) is 17.2 Å². The number of hydrogen-bond acceptors (Lipinski definition) is 6. The molecule has 0 N–H and O–H groups in total. The average molecular weight is 356 g/mol. The van der Waals surface area contributed by atoms with Crippen LogP contribution in [0.4, 0.5) is 0 Å². The molecule has 0 radical (unpaired) electrons. The second kappa shape index (κ2) is 8.29. The number of ether oxygens (including phenoxy) is 3. The Balaban J connectivity index is 2.62. The molecule has 2 aromatic carbocycles. The molecule has 136 valence electrons. The largest absolute Gasteiger partial charge is 0.423 e. The smallest absolute Gasteiger partial charge is 0.308 e. The van der Waals surface area contributed by atoms with Gasteiger partial charge in [-0.1, -0.05) is 30.3 Å². The van der Waals surface area contributed by atoms with Crippen molar-refractivity contribution in [3.63, 3.8) is 0 Å². The Hall–Kier alpha value is -3.15. The average Bonchev–Trinajstić information content (AvgIpc) is 2.55. The van der Waals surface area contributed by atoms with Gasteiger partial charge in [0.25, 0.3) is 0 Å². The molecule has 0 fully saturated rings. The van der Waals surface area contributed by atoms with Crippen LogP contribution in [0.15, 0.2) is 36.4 Å². The van der Waals surface area contributed by atoms with Crippen molar-refractivity contribution < 1.29 is 28.6 Å². The standard InChI is InChI=1S/C20H20O6/c1-12-17(10-16-8-6-5-7-9-16)11-18(24-13(2)21)20(26-15(4)23)19(12)25-14(3)22/h5-9,11H,10H2,1-4H3. The molecule has 0 amide bonds. The quantitative estimate of drug-likeness (QED) is 0.604. The zero-order valence-corrected chi connectivity index (χ0v) is 15.1. The van der Waals surface area contributed by atoms with Crippen molar-refractivity contribution >= 4 is 17.9 Å². The maximum absolute atomic E-state index is 11.5. The molecule has 6 nitrogen and oxygen atoms in total. The summed E-state index contributed by atoms with van der Waals surface area (Å²) in [5, 5.41) is 0. The van der Waals surface area contributed by atoms with E-state index in [1.807, 2.05) is 30.3 Å². The third-order valence-electron chi connectivity index (χ3n) is 3.54. The molecule has 2 rings (SSSR count). The molecule has 26 heavy (non-hydrogen) atoms. The Labute approximate surface area is 151 Å². The molecule has 0 aliphatic rings. The molecular formula is C20H20O6. The Morgan fingerprint density at radius 3 is 1.88 bits per heavy atom. The summed E-state index contributed by atoms with van der Waals surface area (Å²) in [5.74, 6) is -1.77. The molecule has 0 saturated heterocycles. The summed E-state index contributed by atoms with van der Waals surface area (Å²) in [6, 6.07) is 11.3. The summed E-state index contributed by atoms with van der Waals surface area (Å²) >= 11 is 0. The van der Waals surface area contributed by atoms with Crippen molar-refractivity contribution in [2.24, 2.45) is 0 Å². The van der Waals surface area contributed by atoms with Crippen LogP contribution in [-0.4, -0.2) is 17.9 Å². The molecule has 0 aromatic heterocycles. The molecule has 0 atom stereocenters. The van der Waals surface area contributed by atoms with Crippen molar-refractivity contribution in [1.82, 2.24) is 0 Å². The minimum atomic E-state index is -0.623. The normalized spacial score (nSPS) is 10.2. The minimum Gasteiger partial charge on any atom is -0.423 e. The molecule has 0 aliphatic heterocycles. The highest BCUT2D eigenvalue weighted by molar-refractivity contribution is 5.79. The van der Waals surface area contributed by atoms with Crippen LogP contribution in [0.2, 0.25) is 0 Å². The van der Waals surface area contributed by atoms with E-state index in [0.29, 0.717) is 12.0 Å². The fourth-order valence-electron chi connectivity index (χ4n) is 2.50. The first kappa shape index (κ1) is 19.2. The molecule has 2 aromatic rings. The molecule has 0 saturated carbocycles. The van der Waals surface area contributed by atoms with Gasteiger partial charge in [0.05, 0.1) is 0 Å². The van der Waals surface area contributed by atoms with Gasteiger partial charge in [0.2, 0.25) is 5.75 Å². The van der Waals surface area contributed by atoms with Crippen LogP contribution in [0.3, 0.4) is 0 Å². The highest BCUT2D eigenvalue weighted by Gasteiger charge is 2.23. The summed E-state index contributed by atoms with van der Waals surface area (Å²) in [6.45, 7) is 5.44. The first-order valence-corrected chi connectivity index (χ1v) is 8.03. The van der Waals surface area contributed by atoms with Crippen molar-refractivity contribution in [1.29, 1.82) is 0 Å². The third-order valence-corrected chi connectivity index (χ3v) is 3.54. The van der Waals surface area contributed by atoms with E-state index in [4.69, 9.17) is 14.2 Å². The molecule has 0 bridgehead atoms. The van der Waals surface area contributed by atoms with Crippen LogP contribution < -0.4 is 14.2 Å². The number of rotatable bonds is 5. The lowest BCUT2D eigenvalue weighted by molar-refractivity contribution is -0.135. The lowest BCUT2D eigenvalue weighted by atomic mass is 9.99. The van der Waals surface area contributed by atoms with Gasteiger partial charge < -0.3 is 14.2 Å². The lowest BCUT2D eigenvalue weighted by Crippen LogP contribution is -2.12. The molecule has 0 aliphatic carbocycles. The second-order valence-corrected chi connectivity index (χ2v) is 5.76. The summed E-state index contributed by atoms with van der Waals surface area (Å²) in [5.41, 5.74) is 2.43. The van der Waals surface area contributed by atoms with Gasteiger partial charge in [-0.25, -0.2) is 0 Å². The maximum Gasteiger partial charge on any atom is 0.308 e. The molecule has 0 heterocycles. The third kappa shape index (κ3) is 4.92. The first-order chi connectivity index (χ1) is 12.3. The SMILES string of the molecule is CC(=O)Oc1cc(Cc2ccccc2)c(C)c(OC(C)=O)c1OC(C)=O. The Morgan fingerprint density at radius 1 is 0.808 bits per heavy atom. The lowest BCUT2D eigenvalue weighted by Gasteiger charge is -2.18. The summed E-state index contributed by atoms with van der Waals surface area (Å²) < 4.78 is 15.6. The van der Waals surface area contributed by atoms with Crippen LogP contribution in [0, 0.1) is 6.92 Å². The van der Waals surface area contributed by atoms with Gasteiger partial charge in [-0.3, -0.25) is 14.4 Å². The Morgan fingerprint density at radius 2 is 1.35 bits per heavy atom. The van der Waals surface area contributed by atoms with Crippen LogP contribution in [0.5, 0.6) is 17.2 Å². The van der Waals surface area contributed by atoms with Gasteiger partial charge in [0.15, 0.2) is 11.5 Å². The van der Waals surface area contributed by atoms with E-state index in [1.165, 1.54) is 20.8 Å². The van der Waals surface area contributed by atoms with E-state index in [2.05, 4.69) is 0 Å². The second-order valence-electron chi connectivity index (χ2n) is 5.76. The van der Waals surface area contributed by atoms with Crippen molar-refractivity contribution in [3.05, 3.63) is 53.1 Å². The number of esters is 3. The summed E-state index contributed by atoms with van der Waals surface area (Å²) in [4.78, 5) is 34.5. The Kier molecular flexibility index (Phi) is 6.11. The zero-order valence-electron chi connectivity index (χ0n) is 15.1. The van der Waals surface area contributed by atoms with E-state index < -0.39 is 17.9 Å². The monoisotopic (exact) mass is 356 g/mol. The van der Waals surface area contributed by atoms with Crippen LogP contribution >= 0.6 is 0 Å². The highest BCUT2D eigenvalue weighted by Crippen LogP contribution is 2.43. The van der Waals surface area contributed by atoms with Gasteiger partial charge >= 0.3 is 17.9 Å². The van der Waals surface area contributed by atoms with E-state index in [-0.39, 0.29) is 17.2 Å². The molecule has 6 heteroatoms. The predicted molar refractivity (Wildman–Crippen MR) is 94.4 cm³/mol. The van der Waals surface area contributed by atoms with Gasteiger partial charge in [-0.05, 0) is 36.1 Å². The fraction of sp³-hybridized carbons (Fsp3) is 0.250. The van der Waals surface area contributed by atoms with Gasteiger partial charge in [0.1, 0.15) is 0 Å². The number of benzene rings is 2. The topological polar surface area (TPSA) is 78.9 Å². The molecular weight excluding hydrogens is 336 g/mol. The van der Waals surface area contributed by atoms with Crippen LogP contribution in [0.1, 0.15) is 37.5 Å². The molecule has 0 unspecified atom stereocenters. The van der Waals surface area contributed by atoms with Crippen LogP contribution in [-0.2, 0) is 20.8 Å². The van der Waals surface area contributed by atoms with Gasteiger partial charge in [0, 0.05) is 20.8 Å². The Bertz CT molecular complexity index is 839. The first-order valence-electron chi connectivity index (χ1n) is 8.03. The van der Waals surface area contributed by atoms with Gasteiger partial charge in [-0.15, -0.1) is 0 Å². The highest BCUT2D eigenvalue weighted by atomic mass is 16.6. The van der Waals surface area contributed by atoms with E-state index in [1.54, 1.807) is 13.0 Å². The number of carbonyl (C=O) groups excluding carboxylic acids is 3. The number of hydrogen-bond donors (Lipinski definition) is 0. The zero-order chi connectivity index (χ0) is 19.3. The van der Waals surface area contributed by atoms with E-state index in [9.17, 15) is 14.4 Å². The molecule has 0 spiro atoms. The predicted octanol–water partition coefficient (Wildman–Crippen LogP) is 3.36. The maximum atomic E-state index is 11.5. The summed E-state index contributed by atoms with van der Waals surface area (Å²) in [6.07, 6.45) is 0.523. The van der Waals surface area contributed by atoms with E-state index >= 15 is 0 Å². The fourth-order valence-corrected chi connectivity index (χ4v) is 2.50. The van der Waals surface area contributed by atoms with Gasteiger partial charge in [-0.2, -0.15) is 0 Å². The van der Waals surface area contributed by atoms with E-state index in [0.717, 1.165) is 11.1 Å². The summed E-state index contributed by atoms with van der Waals surface area (Å²) in [7, 11) is 0. The van der Waals surface area contributed by atoms with Crippen molar-refractivity contribution in [2.75, 3.05) is 0 Å².